The van der Waals surface area contributed by atoms with Crippen molar-refractivity contribution in [1.82, 2.24) is 9.97 Å². The van der Waals surface area contributed by atoms with Crippen molar-refractivity contribution in [2.45, 2.75) is 51.9 Å². The van der Waals surface area contributed by atoms with E-state index in [4.69, 9.17) is 9.97 Å². The minimum Gasteiger partial charge on any atom is -0.318 e. The topological polar surface area (TPSA) is 38.7 Å². The van der Waals surface area contributed by atoms with Crippen LogP contribution in [0, 0.1) is 12.8 Å². The number of allylic oxidation sites excluding steroid dienone is 1. The Morgan fingerprint density at radius 3 is 1.73 bits per heavy atom. The van der Waals surface area contributed by atoms with E-state index < -0.39 is 0 Å². The molecule has 1 aromatic heterocycles. The van der Waals surface area contributed by atoms with Crippen LogP contribution in [-0.4, -0.2) is 22.3 Å². The number of aryl methyl sites for hydroxylation is 3. The molecule has 4 heterocycles. The Kier molecular flexibility index (Phi) is 8.29. The molecule has 6 heteroatoms. The molecule has 0 bridgehead atoms. The largest absolute Gasteiger partial charge is 0.318 e. The van der Waals surface area contributed by atoms with E-state index in [0.29, 0.717) is 0 Å². The lowest BCUT2D eigenvalue weighted by molar-refractivity contribution is 0.319. The summed E-state index contributed by atoms with van der Waals surface area (Å²) in [5, 5.41) is 2.44. The van der Waals surface area contributed by atoms with Gasteiger partial charge in [0.05, 0.1) is 22.4 Å². The molecule has 6 nitrogen and oxygen atoms in total. The highest BCUT2D eigenvalue weighted by Crippen LogP contribution is 2.61. The molecule has 4 atom stereocenters. The lowest BCUT2D eigenvalue weighted by Crippen LogP contribution is -2.59. The van der Waals surface area contributed by atoms with Crippen LogP contribution in [0.1, 0.15) is 42.0 Å². The predicted octanol–water partition coefficient (Wildman–Crippen LogP) is 13.0. The van der Waals surface area contributed by atoms with Crippen LogP contribution >= 0.6 is 0 Å². The van der Waals surface area contributed by atoms with Gasteiger partial charge < -0.3 is 19.6 Å². The van der Waals surface area contributed by atoms with E-state index in [9.17, 15) is 0 Å². The van der Waals surface area contributed by atoms with Crippen LogP contribution in [0.25, 0.3) is 21.8 Å². The van der Waals surface area contributed by atoms with E-state index in [2.05, 4.69) is 211 Å². The first-order valence-corrected chi connectivity index (χ1v) is 21.0. The molecule has 0 spiro atoms. The third-order valence-corrected chi connectivity index (χ3v) is 12.9. The monoisotopic (exact) mass is 766 g/mol. The van der Waals surface area contributed by atoms with E-state index in [-0.39, 0.29) is 24.2 Å². The lowest BCUT2D eigenvalue weighted by Gasteiger charge is -2.51. The number of anilines is 8. The fourth-order valence-corrected chi connectivity index (χ4v) is 10.2. The molecule has 0 N–H and O–H groups in total. The number of nitrogens with zero attached hydrogens (tertiary/aromatic N) is 6. The van der Waals surface area contributed by atoms with Gasteiger partial charge in [0, 0.05) is 34.6 Å². The summed E-state index contributed by atoms with van der Waals surface area (Å²) in [5.74, 6) is 1.58. The van der Waals surface area contributed by atoms with Gasteiger partial charge in [-0.15, -0.1) is 6.58 Å². The van der Waals surface area contributed by atoms with Gasteiger partial charge in [0.2, 0.25) is 0 Å². The molecule has 3 aliphatic heterocycles. The number of hydrogen-bond donors (Lipinski definition) is 0. The standard InChI is InChI=1S/C53H46N6/c1-5-35-25-28-40(29-26-35)56-47-32-37-17-11-12-18-38(37)33-48(47)58(45-30-27-36(6-2)31-34(45)4)52(56)49-41(7-3)42-21-13-16-24-46(42)59-51-50(54-43-22-14-15-23-44(43)55-51)57(53(49)59)39-19-9-8-10-20-39/h7-33,41,49,52-53H,3,5-6H2,1-2,4H3. The molecule has 0 fully saturated rings. The van der Waals surface area contributed by atoms with Gasteiger partial charge in [0.15, 0.2) is 11.6 Å². The minimum atomic E-state index is -0.231. The molecule has 0 saturated carbocycles. The second-order valence-corrected chi connectivity index (χ2v) is 16.1. The number of benzene rings is 7. The lowest BCUT2D eigenvalue weighted by atomic mass is 9.76. The second-order valence-electron chi connectivity index (χ2n) is 16.1. The van der Waals surface area contributed by atoms with E-state index in [1.165, 1.54) is 50.1 Å². The number of hydrogen-bond acceptors (Lipinski definition) is 6. The van der Waals surface area contributed by atoms with Crippen LogP contribution in [0.2, 0.25) is 0 Å². The second kappa shape index (κ2) is 13.9. The highest BCUT2D eigenvalue weighted by atomic mass is 15.5. The van der Waals surface area contributed by atoms with Crippen molar-refractivity contribution in [1.29, 1.82) is 0 Å². The van der Waals surface area contributed by atoms with Crippen LogP contribution in [0.4, 0.5) is 45.8 Å². The third-order valence-electron chi connectivity index (χ3n) is 12.9. The SMILES string of the molecule is C=CC1c2ccccc2N2c3nc4ccccc4nc3N(c3ccccc3)C2C1C1N(c2ccc(CC)cc2)c2cc3ccccc3cc2N1c1ccc(CC)cc1C. The number of rotatable bonds is 7. The summed E-state index contributed by atoms with van der Waals surface area (Å²) in [7, 11) is 0. The quantitative estimate of drug-likeness (QED) is 0.150. The van der Waals surface area contributed by atoms with Crippen molar-refractivity contribution in [3.63, 3.8) is 0 Å². The van der Waals surface area contributed by atoms with Crippen molar-refractivity contribution < 1.29 is 0 Å². The van der Waals surface area contributed by atoms with E-state index in [1.54, 1.807) is 0 Å². The van der Waals surface area contributed by atoms with Crippen molar-refractivity contribution in [3.05, 3.63) is 193 Å². The minimum absolute atomic E-state index is 0.0498. The predicted molar refractivity (Wildman–Crippen MR) is 245 cm³/mol. The van der Waals surface area contributed by atoms with E-state index in [1.807, 2.05) is 0 Å². The first-order valence-electron chi connectivity index (χ1n) is 21.0. The summed E-state index contributed by atoms with van der Waals surface area (Å²) >= 11 is 0. The summed E-state index contributed by atoms with van der Waals surface area (Å²) < 4.78 is 0. The summed E-state index contributed by atoms with van der Waals surface area (Å²) in [6.45, 7) is 11.4. The number of para-hydroxylation sites is 4. The Morgan fingerprint density at radius 2 is 1.07 bits per heavy atom. The molecular weight excluding hydrogens is 721 g/mol. The van der Waals surface area contributed by atoms with Gasteiger partial charge in [-0.1, -0.05) is 117 Å². The maximum Gasteiger partial charge on any atom is 0.179 e. The maximum absolute atomic E-state index is 5.48. The Morgan fingerprint density at radius 1 is 0.508 bits per heavy atom. The average molecular weight is 767 g/mol. The zero-order chi connectivity index (χ0) is 39.8. The first-order chi connectivity index (χ1) is 29.1. The number of fused-ring (bicyclic) bond motifs is 8. The Balaban J connectivity index is 1.25. The molecule has 3 aliphatic rings. The molecular formula is C53H46N6. The van der Waals surface area contributed by atoms with Crippen LogP contribution in [0.15, 0.2) is 170 Å². The average Bonchev–Trinajstić information content (AvgIpc) is 3.79. The van der Waals surface area contributed by atoms with Gasteiger partial charge in [0.1, 0.15) is 12.3 Å². The van der Waals surface area contributed by atoms with Crippen molar-refractivity contribution in [2.24, 2.45) is 5.92 Å². The molecule has 0 amide bonds. The van der Waals surface area contributed by atoms with E-state index >= 15 is 0 Å². The van der Waals surface area contributed by atoms with Gasteiger partial charge in [-0.2, -0.15) is 0 Å². The smallest absolute Gasteiger partial charge is 0.179 e. The Bertz CT molecular complexity index is 2900. The first kappa shape index (κ1) is 35.3. The molecule has 4 unspecified atom stereocenters. The fraction of sp³-hybridized carbons (Fsp3) is 0.170. The van der Waals surface area contributed by atoms with Gasteiger partial charge in [-0.3, -0.25) is 0 Å². The van der Waals surface area contributed by atoms with Crippen LogP contribution < -0.4 is 19.6 Å². The molecule has 8 aromatic rings. The van der Waals surface area contributed by atoms with Crippen molar-refractivity contribution in [3.8, 4) is 0 Å². The van der Waals surface area contributed by atoms with Crippen molar-refractivity contribution >= 4 is 67.6 Å². The Labute approximate surface area is 346 Å². The van der Waals surface area contributed by atoms with Crippen molar-refractivity contribution in [2.75, 3.05) is 19.6 Å². The fourth-order valence-electron chi connectivity index (χ4n) is 10.2. The van der Waals surface area contributed by atoms with Crippen LogP contribution in [0.3, 0.4) is 0 Å². The van der Waals surface area contributed by atoms with Gasteiger partial charge >= 0.3 is 0 Å². The molecule has 11 rings (SSSR count). The summed E-state index contributed by atoms with van der Waals surface area (Å²) in [4.78, 5) is 21.2. The maximum atomic E-state index is 5.48. The molecule has 288 valence electrons. The number of aromatic nitrogens is 2. The Hall–Kier alpha value is -6.92. The molecule has 0 saturated heterocycles. The van der Waals surface area contributed by atoms with Gasteiger partial charge in [0.25, 0.3) is 0 Å². The highest BCUT2D eigenvalue weighted by Gasteiger charge is 2.57. The van der Waals surface area contributed by atoms with Crippen LogP contribution in [-0.2, 0) is 12.8 Å². The molecule has 0 aliphatic carbocycles. The van der Waals surface area contributed by atoms with E-state index in [0.717, 1.165) is 52.6 Å². The summed E-state index contributed by atoms with van der Waals surface area (Å²) in [5.41, 5.74) is 13.9. The summed E-state index contributed by atoms with van der Waals surface area (Å²) in [6, 6.07) is 57.8. The highest BCUT2D eigenvalue weighted by molar-refractivity contribution is 6.00. The van der Waals surface area contributed by atoms with Gasteiger partial charge in [-0.05, 0) is 113 Å². The molecule has 0 radical (unpaired) electrons. The summed E-state index contributed by atoms with van der Waals surface area (Å²) in [6.07, 6.45) is 3.72. The molecule has 59 heavy (non-hydrogen) atoms. The van der Waals surface area contributed by atoms with Crippen LogP contribution in [0.5, 0.6) is 0 Å². The third kappa shape index (κ3) is 5.39. The zero-order valence-corrected chi connectivity index (χ0v) is 33.7. The van der Waals surface area contributed by atoms with Gasteiger partial charge in [-0.25, -0.2) is 9.97 Å². The zero-order valence-electron chi connectivity index (χ0n) is 33.7. The normalized spacial score (nSPS) is 19.2. The molecule has 7 aromatic carbocycles.